The Morgan fingerprint density at radius 2 is 2.11 bits per heavy atom. The first-order valence-electron chi connectivity index (χ1n) is 7.98. The number of likely N-dealkylation sites (tertiary alicyclic amines) is 1. The van der Waals surface area contributed by atoms with Crippen molar-refractivity contribution < 1.29 is 4.79 Å². The molecule has 0 aromatic heterocycles. The van der Waals surface area contributed by atoms with Crippen LogP contribution >= 0.6 is 0 Å². The summed E-state index contributed by atoms with van der Waals surface area (Å²) >= 11 is 0. The average molecular weight is 267 g/mol. The van der Waals surface area contributed by atoms with E-state index in [4.69, 9.17) is 0 Å². The van der Waals surface area contributed by atoms with E-state index >= 15 is 0 Å². The molecule has 2 fully saturated rings. The summed E-state index contributed by atoms with van der Waals surface area (Å²) in [5.41, 5.74) is 0. The van der Waals surface area contributed by atoms with Crippen molar-refractivity contribution in [3.05, 3.63) is 0 Å². The number of hydrogen-bond acceptors (Lipinski definition) is 3. The number of rotatable bonds is 6. The molecule has 2 rings (SSSR count). The number of amides is 1. The van der Waals surface area contributed by atoms with Crippen LogP contribution in [0, 0.1) is 5.92 Å². The van der Waals surface area contributed by atoms with Gasteiger partial charge in [0.1, 0.15) is 0 Å². The van der Waals surface area contributed by atoms with Gasteiger partial charge in [-0.2, -0.15) is 0 Å². The van der Waals surface area contributed by atoms with Gasteiger partial charge in [0.15, 0.2) is 0 Å². The molecule has 2 atom stereocenters. The molecule has 110 valence electrons. The van der Waals surface area contributed by atoms with Crippen LogP contribution < -0.4 is 5.32 Å². The maximum absolute atomic E-state index is 11.9. The third-order valence-corrected chi connectivity index (χ3v) is 4.66. The number of hydrogen-bond donors (Lipinski definition) is 1. The molecule has 0 aromatic rings. The zero-order valence-corrected chi connectivity index (χ0v) is 12.5. The lowest BCUT2D eigenvalue weighted by atomic mass is 9.94. The molecule has 0 spiro atoms. The van der Waals surface area contributed by atoms with Gasteiger partial charge in [-0.1, -0.05) is 0 Å². The molecule has 1 amide bonds. The van der Waals surface area contributed by atoms with E-state index in [1.807, 2.05) is 4.90 Å². The second kappa shape index (κ2) is 7.25. The zero-order valence-electron chi connectivity index (χ0n) is 12.5. The standard InChI is InChI=1S/C15H29N3O/c1-3-18(4-2)15(19)8-6-10-17-11-13-7-5-9-16-14(13)12-17/h13-14,16H,3-12H2,1-2H3. The minimum Gasteiger partial charge on any atom is -0.343 e. The molecule has 2 heterocycles. The molecule has 0 aliphatic carbocycles. The van der Waals surface area contributed by atoms with E-state index in [0.717, 1.165) is 32.0 Å². The molecule has 0 saturated carbocycles. The first-order valence-corrected chi connectivity index (χ1v) is 7.98. The molecule has 19 heavy (non-hydrogen) atoms. The van der Waals surface area contributed by atoms with Gasteiger partial charge in [0.2, 0.25) is 5.91 Å². The summed E-state index contributed by atoms with van der Waals surface area (Å²) in [7, 11) is 0. The molecule has 2 saturated heterocycles. The normalized spacial score (nSPS) is 27.3. The molecule has 2 aliphatic heterocycles. The fourth-order valence-electron chi connectivity index (χ4n) is 3.51. The van der Waals surface area contributed by atoms with Crippen molar-refractivity contribution in [2.24, 2.45) is 5.92 Å². The Labute approximate surface area is 117 Å². The van der Waals surface area contributed by atoms with Gasteiger partial charge in [-0.15, -0.1) is 0 Å². The van der Waals surface area contributed by atoms with Crippen molar-refractivity contribution in [2.75, 3.05) is 39.3 Å². The molecule has 0 aromatic carbocycles. The second-order valence-corrected chi connectivity index (χ2v) is 5.89. The smallest absolute Gasteiger partial charge is 0.222 e. The van der Waals surface area contributed by atoms with Gasteiger partial charge in [0, 0.05) is 38.6 Å². The maximum Gasteiger partial charge on any atom is 0.222 e. The highest BCUT2D eigenvalue weighted by Crippen LogP contribution is 2.24. The SMILES string of the molecule is CCN(CC)C(=O)CCCN1CC2CCCNC2C1. The number of carbonyl (C=O) groups excluding carboxylic acids is 1. The van der Waals surface area contributed by atoms with Crippen LogP contribution in [-0.2, 0) is 4.79 Å². The highest BCUT2D eigenvalue weighted by Gasteiger charge is 2.33. The van der Waals surface area contributed by atoms with E-state index in [2.05, 4.69) is 24.1 Å². The van der Waals surface area contributed by atoms with Gasteiger partial charge in [0.25, 0.3) is 0 Å². The van der Waals surface area contributed by atoms with Crippen molar-refractivity contribution >= 4 is 5.91 Å². The Hall–Kier alpha value is -0.610. The monoisotopic (exact) mass is 267 g/mol. The predicted octanol–water partition coefficient (Wildman–Crippen LogP) is 1.32. The van der Waals surface area contributed by atoms with Crippen molar-refractivity contribution in [1.29, 1.82) is 0 Å². The zero-order chi connectivity index (χ0) is 13.7. The van der Waals surface area contributed by atoms with Crippen LogP contribution in [0.15, 0.2) is 0 Å². The molecule has 0 radical (unpaired) electrons. The lowest BCUT2D eigenvalue weighted by Gasteiger charge is -2.24. The lowest BCUT2D eigenvalue weighted by molar-refractivity contribution is -0.130. The molecular formula is C15H29N3O. The van der Waals surface area contributed by atoms with Gasteiger partial charge < -0.3 is 15.1 Å². The van der Waals surface area contributed by atoms with E-state index < -0.39 is 0 Å². The summed E-state index contributed by atoms with van der Waals surface area (Å²) < 4.78 is 0. The van der Waals surface area contributed by atoms with Crippen LogP contribution in [0.25, 0.3) is 0 Å². The van der Waals surface area contributed by atoms with Gasteiger partial charge >= 0.3 is 0 Å². The van der Waals surface area contributed by atoms with E-state index in [1.54, 1.807) is 0 Å². The Morgan fingerprint density at radius 3 is 2.79 bits per heavy atom. The van der Waals surface area contributed by atoms with Crippen molar-refractivity contribution in [1.82, 2.24) is 15.1 Å². The summed E-state index contributed by atoms with van der Waals surface area (Å²) in [6, 6.07) is 0.715. The van der Waals surface area contributed by atoms with Gasteiger partial charge in [-0.05, 0) is 52.1 Å². The van der Waals surface area contributed by atoms with E-state index in [9.17, 15) is 4.79 Å². The van der Waals surface area contributed by atoms with E-state index in [-0.39, 0.29) is 0 Å². The van der Waals surface area contributed by atoms with Crippen LogP contribution in [0.5, 0.6) is 0 Å². The topological polar surface area (TPSA) is 35.6 Å². The van der Waals surface area contributed by atoms with Crippen LogP contribution in [0.2, 0.25) is 0 Å². The molecule has 4 nitrogen and oxygen atoms in total. The molecule has 2 unspecified atom stereocenters. The third kappa shape index (κ3) is 3.93. The van der Waals surface area contributed by atoms with Crippen LogP contribution in [0.3, 0.4) is 0 Å². The molecule has 0 bridgehead atoms. The second-order valence-electron chi connectivity index (χ2n) is 5.89. The van der Waals surface area contributed by atoms with Gasteiger partial charge in [0.05, 0.1) is 0 Å². The van der Waals surface area contributed by atoms with Crippen LogP contribution in [0.1, 0.15) is 39.5 Å². The highest BCUT2D eigenvalue weighted by atomic mass is 16.2. The summed E-state index contributed by atoms with van der Waals surface area (Å²) in [6.45, 7) is 10.5. The number of piperidine rings is 1. The van der Waals surface area contributed by atoms with Crippen molar-refractivity contribution in [3.8, 4) is 0 Å². The average Bonchev–Trinajstić information content (AvgIpc) is 2.82. The molecular weight excluding hydrogens is 238 g/mol. The first kappa shape index (κ1) is 14.8. The fourth-order valence-corrected chi connectivity index (χ4v) is 3.51. The summed E-state index contributed by atoms with van der Waals surface area (Å²) in [6.07, 6.45) is 4.43. The van der Waals surface area contributed by atoms with Crippen LogP contribution in [-0.4, -0.2) is 61.0 Å². The first-order chi connectivity index (χ1) is 9.24. The molecule has 2 aliphatic rings. The van der Waals surface area contributed by atoms with Crippen LogP contribution in [0.4, 0.5) is 0 Å². The number of carbonyl (C=O) groups is 1. The Balaban J connectivity index is 1.65. The number of nitrogens with zero attached hydrogens (tertiary/aromatic N) is 2. The Morgan fingerprint density at radius 1 is 1.32 bits per heavy atom. The largest absolute Gasteiger partial charge is 0.343 e. The minimum atomic E-state index is 0.319. The van der Waals surface area contributed by atoms with Gasteiger partial charge in [-0.3, -0.25) is 4.79 Å². The maximum atomic E-state index is 11.9. The van der Waals surface area contributed by atoms with Crippen molar-refractivity contribution in [3.63, 3.8) is 0 Å². The summed E-state index contributed by atoms with van der Waals surface area (Å²) in [5, 5.41) is 3.63. The Bertz CT molecular complexity index is 277. The van der Waals surface area contributed by atoms with Crippen molar-refractivity contribution in [2.45, 2.75) is 45.6 Å². The number of nitrogens with one attached hydrogen (secondary N) is 1. The van der Waals surface area contributed by atoms with E-state index in [1.165, 1.54) is 32.5 Å². The summed E-state index contributed by atoms with van der Waals surface area (Å²) in [4.78, 5) is 16.4. The molecule has 4 heteroatoms. The quantitative estimate of drug-likeness (QED) is 0.788. The minimum absolute atomic E-state index is 0.319. The highest BCUT2D eigenvalue weighted by molar-refractivity contribution is 5.76. The third-order valence-electron chi connectivity index (χ3n) is 4.66. The molecule has 1 N–H and O–H groups in total. The number of fused-ring (bicyclic) bond motifs is 1. The van der Waals surface area contributed by atoms with E-state index in [0.29, 0.717) is 18.4 Å². The fraction of sp³-hybridized carbons (Fsp3) is 0.933. The lowest BCUT2D eigenvalue weighted by Crippen LogP contribution is -2.40. The Kier molecular flexibility index (Phi) is 5.64. The summed E-state index contributed by atoms with van der Waals surface area (Å²) in [5.74, 6) is 1.17. The predicted molar refractivity (Wildman–Crippen MR) is 78.1 cm³/mol. The van der Waals surface area contributed by atoms with Gasteiger partial charge in [-0.25, -0.2) is 0 Å².